The highest BCUT2D eigenvalue weighted by atomic mass is 32.2. The number of aryl methyl sites for hydroxylation is 1. The van der Waals surface area contributed by atoms with Crippen LogP contribution in [0.2, 0.25) is 0 Å². The Kier molecular flexibility index (Phi) is 4.33. The lowest BCUT2D eigenvalue weighted by Crippen LogP contribution is -2.21. The number of benzene rings is 1. The van der Waals surface area contributed by atoms with Crippen molar-refractivity contribution in [3.05, 3.63) is 42.0 Å². The van der Waals surface area contributed by atoms with Gasteiger partial charge in [0.2, 0.25) is 0 Å². The zero-order valence-electron chi connectivity index (χ0n) is 10.3. The summed E-state index contributed by atoms with van der Waals surface area (Å²) in [5, 5.41) is 11.0. The fourth-order valence-corrected chi connectivity index (χ4v) is 2.67. The largest absolute Gasteiger partial charge is 0.311 e. The van der Waals surface area contributed by atoms with E-state index in [1.807, 2.05) is 14.1 Å². The third-order valence-electron chi connectivity index (χ3n) is 2.69. The molecular formula is C12H15FN4S. The summed E-state index contributed by atoms with van der Waals surface area (Å²) in [6.45, 7) is 0. The minimum atomic E-state index is -0.208. The van der Waals surface area contributed by atoms with Gasteiger partial charge in [-0.05, 0) is 31.3 Å². The van der Waals surface area contributed by atoms with E-state index >= 15 is 0 Å². The maximum absolute atomic E-state index is 12.8. The van der Waals surface area contributed by atoms with E-state index in [4.69, 9.17) is 0 Å². The molecule has 18 heavy (non-hydrogen) atoms. The van der Waals surface area contributed by atoms with Crippen molar-refractivity contribution in [3.63, 3.8) is 0 Å². The van der Waals surface area contributed by atoms with Crippen LogP contribution in [0.3, 0.4) is 0 Å². The fourth-order valence-electron chi connectivity index (χ4n) is 1.64. The third kappa shape index (κ3) is 3.08. The molecule has 1 aromatic carbocycles. The van der Waals surface area contributed by atoms with E-state index < -0.39 is 0 Å². The Morgan fingerprint density at radius 1 is 1.39 bits per heavy atom. The van der Waals surface area contributed by atoms with Gasteiger partial charge in [0, 0.05) is 17.7 Å². The van der Waals surface area contributed by atoms with Gasteiger partial charge >= 0.3 is 0 Å². The SMILES string of the molecule is CNC(CSc1ccc(F)cc1)c1cnnn1C. The van der Waals surface area contributed by atoms with Crippen molar-refractivity contribution in [3.8, 4) is 0 Å². The summed E-state index contributed by atoms with van der Waals surface area (Å²) < 4.78 is 14.5. The molecule has 0 aliphatic rings. The number of nitrogens with one attached hydrogen (secondary N) is 1. The first-order chi connectivity index (χ1) is 8.70. The lowest BCUT2D eigenvalue weighted by Gasteiger charge is -2.15. The number of aromatic nitrogens is 3. The number of halogens is 1. The van der Waals surface area contributed by atoms with E-state index in [0.29, 0.717) is 0 Å². The maximum atomic E-state index is 12.8. The first kappa shape index (κ1) is 13.0. The van der Waals surface area contributed by atoms with Crippen molar-refractivity contribution >= 4 is 11.8 Å². The number of hydrogen-bond acceptors (Lipinski definition) is 4. The molecule has 2 rings (SSSR count). The zero-order valence-corrected chi connectivity index (χ0v) is 11.1. The molecule has 0 aliphatic carbocycles. The lowest BCUT2D eigenvalue weighted by molar-refractivity contribution is 0.579. The predicted octanol–water partition coefficient (Wildman–Crippen LogP) is 2.01. The number of hydrogen-bond donors (Lipinski definition) is 1. The molecule has 0 radical (unpaired) electrons. The average Bonchev–Trinajstić information content (AvgIpc) is 2.79. The molecular weight excluding hydrogens is 251 g/mol. The number of nitrogens with zero attached hydrogens (tertiary/aromatic N) is 3. The average molecular weight is 266 g/mol. The molecule has 1 aromatic heterocycles. The fraction of sp³-hybridized carbons (Fsp3) is 0.333. The molecule has 6 heteroatoms. The molecule has 1 atom stereocenters. The summed E-state index contributed by atoms with van der Waals surface area (Å²) in [5.74, 6) is 0.629. The Labute approximate surface area is 110 Å². The molecule has 0 bridgehead atoms. The van der Waals surface area contributed by atoms with Crippen LogP contribution in [0.4, 0.5) is 4.39 Å². The van der Waals surface area contributed by atoms with Crippen molar-refractivity contribution in [2.24, 2.45) is 7.05 Å². The van der Waals surface area contributed by atoms with Crippen molar-refractivity contribution in [1.82, 2.24) is 20.3 Å². The second-order valence-electron chi connectivity index (χ2n) is 3.89. The van der Waals surface area contributed by atoms with Crippen LogP contribution in [0.5, 0.6) is 0 Å². The molecule has 0 aliphatic heterocycles. The van der Waals surface area contributed by atoms with Crippen LogP contribution in [0.25, 0.3) is 0 Å². The standard InChI is InChI=1S/C12H15FN4S/c1-14-11(12-7-15-16-17(12)2)8-18-10-5-3-9(13)4-6-10/h3-7,11,14H,8H2,1-2H3. The van der Waals surface area contributed by atoms with Gasteiger partial charge in [-0.2, -0.15) is 0 Å². The topological polar surface area (TPSA) is 42.7 Å². The van der Waals surface area contributed by atoms with Gasteiger partial charge in [0.1, 0.15) is 5.82 Å². The van der Waals surface area contributed by atoms with E-state index in [0.717, 1.165) is 16.3 Å². The molecule has 0 amide bonds. The molecule has 0 fully saturated rings. The highest BCUT2D eigenvalue weighted by molar-refractivity contribution is 7.99. The summed E-state index contributed by atoms with van der Waals surface area (Å²) in [7, 11) is 3.78. The smallest absolute Gasteiger partial charge is 0.123 e. The van der Waals surface area contributed by atoms with Crippen LogP contribution >= 0.6 is 11.8 Å². The second kappa shape index (κ2) is 5.97. The van der Waals surface area contributed by atoms with Gasteiger partial charge in [-0.1, -0.05) is 5.21 Å². The van der Waals surface area contributed by atoms with E-state index in [1.54, 1.807) is 34.8 Å². The van der Waals surface area contributed by atoms with Gasteiger partial charge in [-0.3, -0.25) is 4.68 Å². The Balaban J connectivity index is 2.00. The van der Waals surface area contributed by atoms with Crippen LogP contribution in [0.15, 0.2) is 35.4 Å². The number of rotatable bonds is 5. The monoisotopic (exact) mass is 266 g/mol. The summed E-state index contributed by atoms with van der Waals surface area (Å²) >= 11 is 1.67. The normalized spacial score (nSPS) is 12.6. The van der Waals surface area contributed by atoms with Gasteiger partial charge in [0.05, 0.1) is 17.9 Å². The van der Waals surface area contributed by atoms with E-state index in [2.05, 4.69) is 15.6 Å². The maximum Gasteiger partial charge on any atom is 0.123 e. The van der Waals surface area contributed by atoms with Gasteiger partial charge in [-0.15, -0.1) is 16.9 Å². The highest BCUT2D eigenvalue weighted by Crippen LogP contribution is 2.24. The Bertz CT molecular complexity index is 497. The first-order valence-corrected chi connectivity index (χ1v) is 6.59. The molecule has 4 nitrogen and oxygen atoms in total. The van der Waals surface area contributed by atoms with Crippen molar-refractivity contribution in [1.29, 1.82) is 0 Å². The van der Waals surface area contributed by atoms with Gasteiger partial charge in [0.25, 0.3) is 0 Å². The number of thioether (sulfide) groups is 1. The molecule has 1 N–H and O–H groups in total. The molecule has 0 saturated carbocycles. The Morgan fingerprint density at radius 3 is 2.67 bits per heavy atom. The third-order valence-corrected chi connectivity index (χ3v) is 3.79. The molecule has 96 valence electrons. The van der Waals surface area contributed by atoms with Crippen molar-refractivity contribution in [2.45, 2.75) is 10.9 Å². The van der Waals surface area contributed by atoms with E-state index in [1.165, 1.54) is 12.1 Å². The Hall–Kier alpha value is -1.40. The quantitative estimate of drug-likeness (QED) is 0.841. The molecule has 0 spiro atoms. The highest BCUT2D eigenvalue weighted by Gasteiger charge is 2.13. The summed E-state index contributed by atoms with van der Waals surface area (Å²) in [4.78, 5) is 1.05. The van der Waals surface area contributed by atoms with Crippen LogP contribution in [-0.2, 0) is 7.05 Å². The van der Waals surface area contributed by atoms with E-state index in [-0.39, 0.29) is 11.9 Å². The molecule has 1 unspecified atom stereocenters. The van der Waals surface area contributed by atoms with Crippen LogP contribution < -0.4 is 5.32 Å². The zero-order chi connectivity index (χ0) is 13.0. The lowest BCUT2D eigenvalue weighted by atomic mass is 10.2. The van der Waals surface area contributed by atoms with E-state index in [9.17, 15) is 4.39 Å². The molecule has 1 heterocycles. The molecule has 0 saturated heterocycles. The van der Waals surface area contributed by atoms with Crippen molar-refractivity contribution in [2.75, 3.05) is 12.8 Å². The summed E-state index contributed by atoms with van der Waals surface area (Å²) in [6, 6.07) is 6.69. The van der Waals surface area contributed by atoms with Crippen LogP contribution in [-0.4, -0.2) is 27.8 Å². The first-order valence-electron chi connectivity index (χ1n) is 5.61. The van der Waals surface area contributed by atoms with Crippen LogP contribution in [0.1, 0.15) is 11.7 Å². The van der Waals surface area contributed by atoms with Gasteiger partial charge in [-0.25, -0.2) is 4.39 Å². The minimum absolute atomic E-state index is 0.167. The van der Waals surface area contributed by atoms with Gasteiger partial charge in [0.15, 0.2) is 0 Å². The van der Waals surface area contributed by atoms with Crippen molar-refractivity contribution < 1.29 is 4.39 Å². The summed E-state index contributed by atoms with van der Waals surface area (Å²) in [6.07, 6.45) is 1.76. The van der Waals surface area contributed by atoms with Crippen LogP contribution in [0, 0.1) is 5.82 Å². The minimum Gasteiger partial charge on any atom is -0.311 e. The summed E-state index contributed by atoms with van der Waals surface area (Å²) in [5.41, 5.74) is 1.03. The molecule has 2 aromatic rings. The second-order valence-corrected chi connectivity index (χ2v) is 4.98. The Morgan fingerprint density at radius 2 is 2.11 bits per heavy atom. The predicted molar refractivity (Wildman–Crippen MR) is 69.9 cm³/mol. The van der Waals surface area contributed by atoms with Gasteiger partial charge < -0.3 is 5.32 Å².